The molecular weight excluding hydrogens is 278 g/mol. The molecule has 6 heteroatoms. The van der Waals surface area contributed by atoms with E-state index in [4.69, 9.17) is 9.39 Å². The molecule has 0 saturated heterocycles. The van der Waals surface area contributed by atoms with Crippen molar-refractivity contribution in [3.63, 3.8) is 0 Å². The predicted molar refractivity (Wildman–Crippen MR) is 74.8 cm³/mol. The molecule has 0 spiro atoms. The summed E-state index contributed by atoms with van der Waals surface area (Å²) in [6.45, 7) is 1.87. The first-order chi connectivity index (χ1) is 9.51. The number of oxime groups is 1. The van der Waals surface area contributed by atoms with Crippen molar-refractivity contribution in [2.45, 2.75) is 11.8 Å². The molecule has 2 aromatic rings. The van der Waals surface area contributed by atoms with Crippen LogP contribution in [0.25, 0.3) is 0 Å². The zero-order valence-corrected chi connectivity index (χ0v) is 11.5. The van der Waals surface area contributed by atoms with Gasteiger partial charge in [-0.25, -0.2) is 0 Å². The van der Waals surface area contributed by atoms with E-state index < -0.39 is 10.1 Å². The number of nitrogens with zero attached hydrogens (tertiary/aromatic N) is 1. The largest absolute Gasteiger partial charge is 0.411 e. The second-order valence-corrected chi connectivity index (χ2v) is 5.71. The maximum atomic E-state index is 12.1. The first kappa shape index (κ1) is 14.1. The summed E-state index contributed by atoms with van der Waals surface area (Å²) in [5, 5.41) is 11.3. The molecule has 104 valence electrons. The first-order valence-electron chi connectivity index (χ1n) is 5.80. The van der Waals surface area contributed by atoms with Crippen LogP contribution in [-0.4, -0.2) is 19.8 Å². The molecule has 0 fully saturated rings. The topological polar surface area (TPSA) is 76.0 Å². The molecule has 0 aliphatic rings. The van der Waals surface area contributed by atoms with Crippen LogP contribution in [0.3, 0.4) is 0 Å². The van der Waals surface area contributed by atoms with E-state index in [1.165, 1.54) is 30.5 Å². The minimum Gasteiger partial charge on any atom is -0.411 e. The van der Waals surface area contributed by atoms with Gasteiger partial charge in [0.1, 0.15) is 10.6 Å². The number of rotatable bonds is 4. The van der Waals surface area contributed by atoms with Crippen molar-refractivity contribution in [3.05, 3.63) is 59.7 Å². The Hall–Kier alpha value is -2.34. The third kappa shape index (κ3) is 3.36. The van der Waals surface area contributed by atoms with Crippen molar-refractivity contribution in [2.75, 3.05) is 0 Å². The lowest BCUT2D eigenvalue weighted by molar-refractivity contribution is 0.322. The van der Waals surface area contributed by atoms with Gasteiger partial charge in [-0.1, -0.05) is 35.0 Å². The molecule has 0 unspecified atom stereocenters. The van der Waals surface area contributed by atoms with Gasteiger partial charge in [0.05, 0.1) is 6.21 Å². The molecule has 0 atom stereocenters. The lowest BCUT2D eigenvalue weighted by atomic mass is 10.2. The van der Waals surface area contributed by atoms with Gasteiger partial charge in [-0.05, 0) is 36.8 Å². The van der Waals surface area contributed by atoms with Crippen molar-refractivity contribution in [1.29, 1.82) is 0 Å². The van der Waals surface area contributed by atoms with Crippen LogP contribution in [0.2, 0.25) is 0 Å². The maximum Gasteiger partial charge on any atom is 0.339 e. The monoisotopic (exact) mass is 291 g/mol. The van der Waals surface area contributed by atoms with Crippen LogP contribution in [0, 0.1) is 6.92 Å². The van der Waals surface area contributed by atoms with Crippen molar-refractivity contribution in [1.82, 2.24) is 0 Å². The highest BCUT2D eigenvalue weighted by Gasteiger charge is 2.16. The highest BCUT2D eigenvalue weighted by Crippen LogP contribution is 2.19. The fourth-order valence-electron chi connectivity index (χ4n) is 1.59. The van der Waals surface area contributed by atoms with Gasteiger partial charge in [0.2, 0.25) is 0 Å². The van der Waals surface area contributed by atoms with Crippen LogP contribution >= 0.6 is 0 Å². The highest BCUT2D eigenvalue weighted by atomic mass is 32.2. The van der Waals surface area contributed by atoms with E-state index in [0.717, 1.165) is 5.56 Å². The van der Waals surface area contributed by atoms with E-state index in [1.54, 1.807) is 24.3 Å². The molecule has 0 saturated carbocycles. The van der Waals surface area contributed by atoms with Crippen LogP contribution in [0.15, 0.2) is 58.6 Å². The van der Waals surface area contributed by atoms with Gasteiger partial charge in [-0.15, -0.1) is 0 Å². The molecule has 2 rings (SSSR count). The van der Waals surface area contributed by atoms with Gasteiger partial charge >= 0.3 is 10.1 Å². The van der Waals surface area contributed by atoms with E-state index in [-0.39, 0.29) is 10.6 Å². The van der Waals surface area contributed by atoms with Crippen LogP contribution in [-0.2, 0) is 10.1 Å². The number of benzene rings is 2. The summed E-state index contributed by atoms with van der Waals surface area (Å²) >= 11 is 0. The Morgan fingerprint density at radius 1 is 1.15 bits per heavy atom. The molecule has 0 amide bonds. The van der Waals surface area contributed by atoms with Crippen LogP contribution in [0.4, 0.5) is 0 Å². The second kappa shape index (κ2) is 5.75. The lowest BCUT2D eigenvalue weighted by Crippen LogP contribution is -2.09. The Labute approximate surface area is 117 Å². The average Bonchev–Trinajstić information content (AvgIpc) is 2.39. The molecule has 0 radical (unpaired) electrons. The van der Waals surface area contributed by atoms with Crippen LogP contribution in [0.1, 0.15) is 11.1 Å². The number of hydrogen-bond acceptors (Lipinski definition) is 5. The van der Waals surface area contributed by atoms with E-state index in [0.29, 0.717) is 5.56 Å². The summed E-state index contributed by atoms with van der Waals surface area (Å²) in [5.74, 6) is 0.156. The minimum absolute atomic E-state index is 0.0873. The molecule has 2 aromatic carbocycles. The fraction of sp³-hybridized carbons (Fsp3) is 0.0714. The molecule has 0 aliphatic heterocycles. The quantitative estimate of drug-likeness (QED) is 0.406. The average molecular weight is 291 g/mol. The smallest absolute Gasteiger partial charge is 0.339 e. The zero-order valence-electron chi connectivity index (χ0n) is 10.7. The van der Waals surface area contributed by atoms with Gasteiger partial charge in [-0.3, -0.25) is 0 Å². The molecule has 0 aliphatic carbocycles. The molecule has 20 heavy (non-hydrogen) atoms. The van der Waals surface area contributed by atoms with Crippen molar-refractivity contribution >= 4 is 16.3 Å². The zero-order chi connectivity index (χ0) is 14.6. The summed E-state index contributed by atoms with van der Waals surface area (Å²) in [6.07, 6.45) is 1.19. The van der Waals surface area contributed by atoms with Crippen LogP contribution < -0.4 is 4.18 Å². The Balaban J connectivity index is 2.28. The number of hydrogen-bond donors (Lipinski definition) is 1. The van der Waals surface area contributed by atoms with Gasteiger partial charge in [0, 0.05) is 0 Å². The molecule has 0 bridgehead atoms. The summed E-state index contributed by atoms with van der Waals surface area (Å²) in [7, 11) is -3.87. The van der Waals surface area contributed by atoms with E-state index in [9.17, 15) is 8.42 Å². The molecular formula is C14H13NO4S. The Morgan fingerprint density at radius 3 is 2.50 bits per heavy atom. The maximum absolute atomic E-state index is 12.1. The molecule has 1 N–H and O–H groups in total. The normalized spacial score (nSPS) is 11.7. The third-order valence-corrected chi connectivity index (χ3v) is 3.84. The summed E-state index contributed by atoms with van der Waals surface area (Å²) in [4.78, 5) is 0.0873. The first-order valence-corrected chi connectivity index (χ1v) is 7.21. The van der Waals surface area contributed by atoms with Gasteiger partial charge in [-0.2, -0.15) is 8.42 Å². The van der Waals surface area contributed by atoms with E-state index >= 15 is 0 Å². The minimum atomic E-state index is -3.87. The lowest BCUT2D eigenvalue weighted by Gasteiger charge is -2.07. The molecule has 5 nitrogen and oxygen atoms in total. The summed E-state index contributed by atoms with van der Waals surface area (Å²) in [6, 6.07) is 12.6. The predicted octanol–water partition coefficient (Wildman–Crippen LogP) is 2.57. The standard InChI is InChI=1S/C14H13NO4S/c1-11-5-7-14(8-6-11)20(17,18)19-13-4-2-3-12(9-13)10-15-16/h2-10,16H,1H3/b15-10+. The molecule has 0 heterocycles. The van der Waals surface area contributed by atoms with Crippen LogP contribution in [0.5, 0.6) is 5.75 Å². The van der Waals surface area contributed by atoms with E-state index in [1.807, 2.05) is 6.92 Å². The van der Waals surface area contributed by atoms with Gasteiger partial charge in [0.15, 0.2) is 0 Å². The number of aryl methyl sites for hydroxylation is 1. The summed E-state index contributed by atoms with van der Waals surface area (Å²) < 4.78 is 29.2. The van der Waals surface area contributed by atoms with Crippen molar-refractivity contribution in [2.24, 2.45) is 5.16 Å². The van der Waals surface area contributed by atoms with Gasteiger partial charge in [0.25, 0.3) is 0 Å². The second-order valence-electron chi connectivity index (χ2n) is 4.17. The van der Waals surface area contributed by atoms with E-state index in [2.05, 4.69) is 5.16 Å². The Kier molecular flexibility index (Phi) is 4.05. The summed E-state index contributed by atoms with van der Waals surface area (Å²) in [5.41, 5.74) is 1.49. The Bertz CT molecular complexity index is 721. The highest BCUT2D eigenvalue weighted by molar-refractivity contribution is 7.87. The Morgan fingerprint density at radius 2 is 1.85 bits per heavy atom. The SMILES string of the molecule is Cc1ccc(S(=O)(=O)Oc2cccc(/C=N/O)c2)cc1. The fourth-order valence-corrected chi connectivity index (χ4v) is 2.52. The third-order valence-electron chi connectivity index (χ3n) is 2.58. The van der Waals surface area contributed by atoms with Crippen molar-refractivity contribution in [3.8, 4) is 5.75 Å². The van der Waals surface area contributed by atoms with Gasteiger partial charge < -0.3 is 9.39 Å². The van der Waals surface area contributed by atoms with Crippen molar-refractivity contribution < 1.29 is 17.8 Å². The molecule has 0 aromatic heterocycles.